The van der Waals surface area contributed by atoms with Gasteiger partial charge in [0.25, 0.3) is 5.91 Å². The predicted molar refractivity (Wildman–Crippen MR) is 198 cm³/mol. The van der Waals surface area contributed by atoms with Crippen molar-refractivity contribution in [2.24, 2.45) is 5.73 Å². The molecule has 11 nitrogen and oxygen atoms in total. The summed E-state index contributed by atoms with van der Waals surface area (Å²) in [4.78, 5) is 17.9. The lowest BCUT2D eigenvalue weighted by molar-refractivity contribution is -0.137. The van der Waals surface area contributed by atoms with Gasteiger partial charge in [-0.05, 0) is 66.2 Å². The number of carbonyl (C=O) groups is 1. The summed E-state index contributed by atoms with van der Waals surface area (Å²) in [5.41, 5.74) is 8.38. The van der Waals surface area contributed by atoms with E-state index in [1.807, 2.05) is 16.7 Å². The first-order chi connectivity index (χ1) is 26.1. The molecule has 0 aliphatic carbocycles. The van der Waals surface area contributed by atoms with E-state index < -0.39 is 11.7 Å². The topological polar surface area (TPSA) is 128 Å². The van der Waals surface area contributed by atoms with E-state index >= 15 is 0 Å². The van der Waals surface area contributed by atoms with Crippen LogP contribution < -0.4 is 30.0 Å². The van der Waals surface area contributed by atoms with Crippen LogP contribution in [-0.2, 0) is 22.2 Å². The van der Waals surface area contributed by atoms with Gasteiger partial charge < -0.3 is 44.0 Å². The first-order valence-electron chi connectivity index (χ1n) is 17.1. The molecule has 286 valence electrons. The molecule has 1 amide bonds. The van der Waals surface area contributed by atoms with Gasteiger partial charge in [-0.1, -0.05) is 24.3 Å². The minimum absolute atomic E-state index is 0.178. The van der Waals surface area contributed by atoms with Gasteiger partial charge in [-0.25, -0.2) is 4.98 Å². The number of hydrogen-bond donors (Lipinski definition) is 2. The fraction of sp³-hybridized carbons (Fsp3) is 0.300. The van der Waals surface area contributed by atoms with Gasteiger partial charge in [-0.3, -0.25) is 4.79 Å². The largest absolute Gasteiger partial charge is 0.493 e. The molecule has 5 aromatic rings. The van der Waals surface area contributed by atoms with Gasteiger partial charge >= 0.3 is 6.18 Å². The third kappa shape index (κ3) is 9.50. The van der Waals surface area contributed by atoms with Crippen LogP contribution in [0.3, 0.4) is 0 Å². The van der Waals surface area contributed by atoms with Gasteiger partial charge in [-0.15, -0.1) is 0 Å². The first-order valence-corrected chi connectivity index (χ1v) is 17.1. The average molecular weight is 749 g/mol. The second kappa shape index (κ2) is 18.5. The van der Waals surface area contributed by atoms with Crippen LogP contribution in [0.15, 0.2) is 84.9 Å². The normalized spacial score (nSPS) is 11.3. The number of alkyl halides is 3. The first kappa shape index (κ1) is 39.6. The van der Waals surface area contributed by atoms with Gasteiger partial charge in [0.15, 0.2) is 23.0 Å². The molecule has 14 heteroatoms. The zero-order chi connectivity index (χ0) is 38.7. The Morgan fingerprint density at radius 3 is 1.94 bits per heavy atom. The molecule has 0 saturated heterocycles. The number of nitrogens with zero attached hydrogens (tertiary/aromatic N) is 2. The Bertz CT molecular complexity index is 2020. The average Bonchev–Trinajstić information content (AvgIpc) is 3.56. The van der Waals surface area contributed by atoms with Gasteiger partial charge in [0, 0.05) is 41.9 Å². The summed E-state index contributed by atoms with van der Waals surface area (Å²) in [6.07, 6.45) is -4.58. The summed E-state index contributed by atoms with van der Waals surface area (Å²) < 4.78 is 76.8. The van der Waals surface area contributed by atoms with Crippen molar-refractivity contribution in [2.75, 3.05) is 68.0 Å². The molecule has 0 radical (unpaired) electrons. The van der Waals surface area contributed by atoms with Gasteiger partial charge in [-0.2, -0.15) is 13.2 Å². The number of methoxy groups -OCH3 is 4. The smallest absolute Gasteiger partial charge is 0.416 e. The molecule has 0 aliphatic heterocycles. The van der Waals surface area contributed by atoms with Crippen molar-refractivity contribution in [3.05, 3.63) is 102 Å². The summed E-state index contributed by atoms with van der Waals surface area (Å²) in [6.45, 7) is 2.50. The van der Waals surface area contributed by atoms with Crippen LogP contribution in [0.25, 0.3) is 33.9 Å². The fourth-order valence-corrected chi connectivity index (χ4v) is 5.81. The van der Waals surface area contributed by atoms with Crippen molar-refractivity contribution in [2.45, 2.75) is 12.7 Å². The Labute approximate surface area is 311 Å². The summed E-state index contributed by atoms with van der Waals surface area (Å²) in [5, 5.41) is 2.83. The molecule has 1 heterocycles. The van der Waals surface area contributed by atoms with Crippen molar-refractivity contribution in [1.29, 1.82) is 0 Å². The molecule has 0 bridgehead atoms. The number of aromatic nitrogens is 2. The molecule has 4 aromatic carbocycles. The molecule has 54 heavy (non-hydrogen) atoms. The lowest BCUT2D eigenvalue weighted by atomic mass is 10.0. The molecule has 0 unspecified atom stereocenters. The monoisotopic (exact) mass is 748 g/mol. The van der Waals surface area contributed by atoms with Gasteiger partial charge in [0.05, 0.1) is 71.8 Å². The molecule has 0 saturated carbocycles. The highest BCUT2D eigenvalue weighted by atomic mass is 19.4. The Hall–Kier alpha value is -5.57. The van der Waals surface area contributed by atoms with Crippen LogP contribution in [-0.4, -0.2) is 83.4 Å². The van der Waals surface area contributed by atoms with Gasteiger partial charge in [0.2, 0.25) is 0 Å². The Morgan fingerprint density at radius 1 is 0.722 bits per heavy atom. The maximum absolute atomic E-state index is 14.0. The third-order valence-electron chi connectivity index (χ3n) is 8.45. The Balaban J connectivity index is 1.58. The number of benzene rings is 4. The molecule has 3 N–H and O–H groups in total. The van der Waals surface area contributed by atoms with E-state index in [4.69, 9.17) is 39.1 Å². The quantitative estimate of drug-likeness (QED) is 0.0941. The van der Waals surface area contributed by atoms with Crippen molar-refractivity contribution < 1.29 is 46.4 Å². The molecule has 0 fully saturated rings. The Morgan fingerprint density at radius 2 is 1.33 bits per heavy atom. The van der Waals surface area contributed by atoms with Crippen molar-refractivity contribution >= 4 is 5.91 Å². The summed E-state index contributed by atoms with van der Waals surface area (Å²) in [5.74, 6) is 1.89. The number of nitrogens with one attached hydrogen (secondary N) is 1. The predicted octanol–water partition coefficient (Wildman–Crippen LogP) is 6.71. The number of rotatable bonds is 18. The number of amides is 1. The zero-order valence-electron chi connectivity index (χ0n) is 30.5. The number of carbonyl (C=O) groups excluding carboxylic acids is 1. The van der Waals surface area contributed by atoms with Crippen LogP contribution >= 0.6 is 0 Å². The molecule has 5 rings (SSSR count). The SMILES string of the molecule is COc1ccc(-c2nc(-c3cccc(C(F)(F)F)c3)n(Cc3ccc(C(=O)NCCOCCOCCN)cc3)c2-c2ccc(OC)c(OC)c2)cc1OC. The van der Waals surface area contributed by atoms with E-state index in [-0.39, 0.29) is 23.8 Å². The highest BCUT2D eigenvalue weighted by Gasteiger charge is 2.31. The molecule has 0 aliphatic rings. The van der Waals surface area contributed by atoms with Crippen LogP contribution in [0.1, 0.15) is 21.5 Å². The second-order valence-corrected chi connectivity index (χ2v) is 11.9. The third-order valence-corrected chi connectivity index (χ3v) is 8.45. The van der Waals surface area contributed by atoms with Crippen molar-refractivity contribution in [3.8, 4) is 56.9 Å². The molecular formula is C40H43F3N4O7. The molecule has 0 spiro atoms. The maximum atomic E-state index is 14.0. The Kier molecular flexibility index (Phi) is 13.5. The van der Waals surface area contributed by atoms with E-state index in [9.17, 15) is 18.0 Å². The van der Waals surface area contributed by atoms with E-state index in [2.05, 4.69) is 5.32 Å². The minimum atomic E-state index is -4.58. The fourth-order valence-electron chi connectivity index (χ4n) is 5.81. The lowest BCUT2D eigenvalue weighted by Gasteiger charge is -2.16. The minimum Gasteiger partial charge on any atom is -0.493 e. The van der Waals surface area contributed by atoms with Crippen molar-refractivity contribution in [3.63, 3.8) is 0 Å². The maximum Gasteiger partial charge on any atom is 0.416 e. The molecule has 0 atom stereocenters. The number of nitrogens with two attached hydrogens (primary N) is 1. The lowest BCUT2D eigenvalue weighted by Crippen LogP contribution is -2.27. The highest BCUT2D eigenvalue weighted by Crippen LogP contribution is 2.43. The van der Waals surface area contributed by atoms with E-state index in [1.165, 1.54) is 34.5 Å². The standard InChI is InChI=1S/C40H43F3N4O7/c1-49-32-14-12-28(23-34(32)51-3)36-37(29-13-15-33(50-2)35(24-29)52-4)47(38(46-36)30-6-5-7-31(22-30)40(41,42)43)25-26-8-10-27(11-9-26)39(48)45-17-19-54-21-20-53-18-16-44/h5-15,22-24H,16-21,25,44H2,1-4H3,(H,45,48). The van der Waals surface area contributed by atoms with E-state index in [0.29, 0.717) is 90.6 Å². The second-order valence-electron chi connectivity index (χ2n) is 11.9. The summed E-state index contributed by atoms with van der Waals surface area (Å²) >= 11 is 0. The zero-order valence-corrected chi connectivity index (χ0v) is 30.5. The highest BCUT2D eigenvalue weighted by molar-refractivity contribution is 5.94. The van der Waals surface area contributed by atoms with Gasteiger partial charge in [0.1, 0.15) is 5.82 Å². The van der Waals surface area contributed by atoms with Crippen LogP contribution in [0.2, 0.25) is 0 Å². The summed E-state index contributed by atoms with van der Waals surface area (Å²) in [6, 6.07) is 22.7. The number of ether oxygens (including phenoxy) is 6. The van der Waals surface area contributed by atoms with E-state index in [0.717, 1.165) is 17.7 Å². The van der Waals surface area contributed by atoms with Crippen LogP contribution in [0, 0.1) is 0 Å². The summed E-state index contributed by atoms with van der Waals surface area (Å²) in [7, 11) is 6.09. The van der Waals surface area contributed by atoms with Crippen molar-refractivity contribution in [1.82, 2.24) is 14.9 Å². The number of halogens is 3. The van der Waals surface area contributed by atoms with Crippen LogP contribution in [0.5, 0.6) is 23.0 Å². The molecular weight excluding hydrogens is 705 g/mol. The van der Waals surface area contributed by atoms with E-state index in [1.54, 1.807) is 54.6 Å². The molecule has 1 aromatic heterocycles. The number of imidazole rings is 1. The van der Waals surface area contributed by atoms with Crippen LogP contribution in [0.4, 0.5) is 13.2 Å². The number of hydrogen-bond acceptors (Lipinski definition) is 9.